The summed E-state index contributed by atoms with van der Waals surface area (Å²) >= 11 is 0. The second-order valence-electron chi connectivity index (χ2n) is 6.43. The van der Waals surface area contributed by atoms with Crippen LogP contribution in [0.3, 0.4) is 0 Å². The first-order valence-corrected chi connectivity index (χ1v) is 7.42. The number of aliphatic hydroxyl groups is 1. The van der Waals surface area contributed by atoms with Crippen molar-refractivity contribution in [3.8, 4) is 0 Å². The van der Waals surface area contributed by atoms with Crippen molar-refractivity contribution in [1.29, 1.82) is 0 Å². The standard InChI is InChI=1S/C15H31NO/c1-11(2)13-6-5-7-14(9-8-13)16-10-15(17)12(3)4/h11-17H,5-10H2,1-4H3. The number of hydrogen-bond acceptors (Lipinski definition) is 2. The molecule has 0 aromatic rings. The van der Waals surface area contributed by atoms with Gasteiger partial charge in [-0.05, 0) is 37.0 Å². The van der Waals surface area contributed by atoms with Crippen LogP contribution >= 0.6 is 0 Å². The van der Waals surface area contributed by atoms with E-state index in [-0.39, 0.29) is 6.10 Å². The monoisotopic (exact) mass is 241 g/mol. The summed E-state index contributed by atoms with van der Waals surface area (Å²) in [6.45, 7) is 9.61. The van der Waals surface area contributed by atoms with Crippen LogP contribution in [0, 0.1) is 17.8 Å². The topological polar surface area (TPSA) is 32.3 Å². The van der Waals surface area contributed by atoms with Crippen molar-refractivity contribution in [2.75, 3.05) is 6.54 Å². The molecule has 0 heterocycles. The number of nitrogens with one attached hydrogen (secondary N) is 1. The number of aliphatic hydroxyl groups excluding tert-OH is 1. The fraction of sp³-hybridized carbons (Fsp3) is 1.00. The smallest absolute Gasteiger partial charge is 0.0687 e. The maximum atomic E-state index is 9.81. The van der Waals surface area contributed by atoms with Gasteiger partial charge in [-0.15, -0.1) is 0 Å². The van der Waals surface area contributed by atoms with E-state index in [0.717, 1.165) is 18.4 Å². The summed E-state index contributed by atoms with van der Waals surface area (Å²) in [5.74, 6) is 2.10. The van der Waals surface area contributed by atoms with Gasteiger partial charge in [-0.25, -0.2) is 0 Å². The molecule has 1 aliphatic carbocycles. The fourth-order valence-corrected chi connectivity index (χ4v) is 2.72. The van der Waals surface area contributed by atoms with Crippen LogP contribution in [0.4, 0.5) is 0 Å². The Hall–Kier alpha value is -0.0800. The van der Waals surface area contributed by atoms with Crippen molar-refractivity contribution < 1.29 is 5.11 Å². The molecule has 0 aromatic carbocycles. The van der Waals surface area contributed by atoms with Gasteiger partial charge in [0.05, 0.1) is 6.10 Å². The first-order chi connectivity index (χ1) is 8.00. The van der Waals surface area contributed by atoms with Crippen LogP contribution in [0.1, 0.15) is 59.8 Å². The van der Waals surface area contributed by atoms with Crippen LogP contribution in [-0.2, 0) is 0 Å². The normalized spacial score (nSPS) is 28.4. The Labute approximate surface area is 107 Å². The Morgan fingerprint density at radius 1 is 1.06 bits per heavy atom. The van der Waals surface area contributed by atoms with Crippen molar-refractivity contribution in [2.45, 2.75) is 71.9 Å². The predicted octanol–water partition coefficient (Wildman–Crippen LogP) is 3.20. The molecule has 3 atom stereocenters. The summed E-state index contributed by atoms with van der Waals surface area (Å²) in [4.78, 5) is 0. The zero-order valence-corrected chi connectivity index (χ0v) is 12.1. The molecule has 1 rings (SSSR count). The Morgan fingerprint density at radius 2 is 1.76 bits per heavy atom. The molecule has 2 nitrogen and oxygen atoms in total. The Morgan fingerprint density at radius 3 is 2.35 bits per heavy atom. The van der Waals surface area contributed by atoms with E-state index in [9.17, 15) is 5.11 Å². The third-order valence-electron chi connectivity index (χ3n) is 4.34. The number of hydrogen-bond donors (Lipinski definition) is 2. The summed E-state index contributed by atoms with van der Waals surface area (Å²) in [7, 11) is 0. The molecule has 17 heavy (non-hydrogen) atoms. The molecule has 1 aliphatic rings. The first-order valence-electron chi connectivity index (χ1n) is 7.42. The van der Waals surface area contributed by atoms with Gasteiger partial charge in [0.2, 0.25) is 0 Å². The van der Waals surface area contributed by atoms with E-state index in [1.807, 2.05) is 0 Å². The maximum absolute atomic E-state index is 9.81. The lowest BCUT2D eigenvalue weighted by molar-refractivity contribution is 0.119. The van der Waals surface area contributed by atoms with Gasteiger partial charge in [-0.2, -0.15) is 0 Å². The first kappa shape index (κ1) is 15.0. The second-order valence-corrected chi connectivity index (χ2v) is 6.43. The average Bonchev–Trinajstić information content (AvgIpc) is 2.50. The lowest BCUT2D eigenvalue weighted by atomic mass is 9.89. The summed E-state index contributed by atoms with van der Waals surface area (Å²) in [6.07, 6.45) is 6.47. The highest BCUT2D eigenvalue weighted by molar-refractivity contribution is 4.77. The van der Waals surface area contributed by atoms with E-state index >= 15 is 0 Å². The van der Waals surface area contributed by atoms with E-state index in [1.165, 1.54) is 32.1 Å². The third kappa shape index (κ3) is 5.39. The molecule has 0 amide bonds. The van der Waals surface area contributed by atoms with Gasteiger partial charge in [0.25, 0.3) is 0 Å². The van der Waals surface area contributed by atoms with Gasteiger partial charge in [-0.3, -0.25) is 0 Å². The zero-order chi connectivity index (χ0) is 12.8. The predicted molar refractivity (Wildman–Crippen MR) is 74.0 cm³/mol. The molecular formula is C15H31NO. The molecule has 0 bridgehead atoms. The van der Waals surface area contributed by atoms with Crippen LogP contribution < -0.4 is 5.32 Å². The van der Waals surface area contributed by atoms with E-state index < -0.39 is 0 Å². The molecule has 0 aliphatic heterocycles. The third-order valence-corrected chi connectivity index (χ3v) is 4.34. The Kier molecular flexibility index (Phi) is 6.50. The highest BCUT2D eigenvalue weighted by atomic mass is 16.3. The quantitative estimate of drug-likeness (QED) is 0.725. The second kappa shape index (κ2) is 7.38. The van der Waals surface area contributed by atoms with Crippen molar-refractivity contribution >= 4 is 0 Å². The minimum absolute atomic E-state index is 0.195. The van der Waals surface area contributed by atoms with E-state index in [1.54, 1.807) is 0 Å². The minimum atomic E-state index is -0.195. The minimum Gasteiger partial charge on any atom is -0.392 e. The van der Waals surface area contributed by atoms with Gasteiger partial charge in [0.1, 0.15) is 0 Å². The molecule has 0 saturated heterocycles. The van der Waals surface area contributed by atoms with Crippen LogP contribution in [0.25, 0.3) is 0 Å². The summed E-state index contributed by atoms with van der Waals surface area (Å²) in [5, 5.41) is 13.4. The molecular weight excluding hydrogens is 210 g/mol. The summed E-state index contributed by atoms with van der Waals surface area (Å²) in [5.41, 5.74) is 0. The van der Waals surface area contributed by atoms with E-state index in [0.29, 0.717) is 12.0 Å². The molecule has 1 fully saturated rings. The zero-order valence-electron chi connectivity index (χ0n) is 12.1. The van der Waals surface area contributed by atoms with E-state index in [2.05, 4.69) is 33.0 Å². The van der Waals surface area contributed by atoms with Crippen molar-refractivity contribution in [2.24, 2.45) is 17.8 Å². The van der Waals surface area contributed by atoms with Crippen LogP contribution in [0.5, 0.6) is 0 Å². The summed E-state index contributed by atoms with van der Waals surface area (Å²) < 4.78 is 0. The fourth-order valence-electron chi connectivity index (χ4n) is 2.72. The van der Waals surface area contributed by atoms with Crippen LogP contribution in [-0.4, -0.2) is 23.8 Å². The van der Waals surface area contributed by atoms with Crippen LogP contribution in [0.2, 0.25) is 0 Å². The summed E-state index contributed by atoms with van der Waals surface area (Å²) in [6, 6.07) is 0.632. The maximum Gasteiger partial charge on any atom is 0.0687 e. The van der Waals surface area contributed by atoms with Gasteiger partial charge in [-0.1, -0.05) is 40.5 Å². The van der Waals surface area contributed by atoms with Gasteiger partial charge in [0, 0.05) is 12.6 Å². The van der Waals surface area contributed by atoms with Gasteiger partial charge >= 0.3 is 0 Å². The molecule has 2 N–H and O–H groups in total. The Bertz CT molecular complexity index is 203. The van der Waals surface area contributed by atoms with Gasteiger partial charge in [0.15, 0.2) is 0 Å². The number of rotatable bonds is 5. The molecule has 3 unspecified atom stereocenters. The molecule has 2 heteroatoms. The molecule has 102 valence electrons. The Balaban J connectivity index is 2.27. The molecule has 0 spiro atoms. The largest absolute Gasteiger partial charge is 0.392 e. The van der Waals surface area contributed by atoms with Crippen LogP contribution in [0.15, 0.2) is 0 Å². The van der Waals surface area contributed by atoms with E-state index in [4.69, 9.17) is 0 Å². The molecule has 0 aromatic heterocycles. The van der Waals surface area contributed by atoms with Gasteiger partial charge < -0.3 is 10.4 Å². The van der Waals surface area contributed by atoms with Crippen molar-refractivity contribution in [1.82, 2.24) is 5.32 Å². The lowest BCUT2D eigenvalue weighted by Gasteiger charge is -2.21. The van der Waals surface area contributed by atoms with Crippen molar-refractivity contribution in [3.63, 3.8) is 0 Å². The lowest BCUT2D eigenvalue weighted by Crippen LogP contribution is -2.37. The SMILES string of the molecule is CC(C)C(O)CNC1CCCC(C(C)C)CC1. The highest BCUT2D eigenvalue weighted by Crippen LogP contribution is 2.28. The molecule has 1 saturated carbocycles. The average molecular weight is 241 g/mol. The van der Waals surface area contributed by atoms with Crippen molar-refractivity contribution in [3.05, 3.63) is 0 Å². The molecule has 0 radical (unpaired) electrons. The highest BCUT2D eigenvalue weighted by Gasteiger charge is 2.21.